The summed E-state index contributed by atoms with van der Waals surface area (Å²) in [5.41, 5.74) is 2.66. The Balaban J connectivity index is 0.00000243. The molecule has 1 unspecified atom stereocenters. The molecule has 26 heavy (non-hydrogen) atoms. The minimum atomic E-state index is 0. The molecule has 7 heteroatoms. The summed E-state index contributed by atoms with van der Waals surface area (Å²) in [7, 11) is 0. The topological polar surface area (TPSA) is 67.1 Å². The highest BCUT2D eigenvalue weighted by atomic mass is 127. The van der Waals surface area contributed by atoms with Crippen LogP contribution in [0.15, 0.2) is 29.3 Å². The molecule has 6 nitrogen and oxygen atoms in total. The van der Waals surface area contributed by atoms with Crippen LogP contribution >= 0.6 is 24.0 Å². The zero-order valence-electron chi connectivity index (χ0n) is 15.8. The van der Waals surface area contributed by atoms with Gasteiger partial charge in [-0.25, -0.2) is 14.7 Å². The molecule has 0 radical (unpaired) electrons. The first kappa shape index (κ1) is 20.7. The van der Waals surface area contributed by atoms with Crippen molar-refractivity contribution in [2.45, 2.75) is 59.2 Å². The van der Waals surface area contributed by atoms with Gasteiger partial charge in [0.2, 0.25) is 0 Å². The van der Waals surface area contributed by atoms with Crippen LogP contribution < -0.4 is 10.6 Å². The second kappa shape index (κ2) is 9.89. The van der Waals surface area contributed by atoms with Crippen molar-refractivity contribution in [3.05, 3.63) is 47.0 Å². The number of nitrogens with one attached hydrogen (secondary N) is 2. The van der Waals surface area contributed by atoms with E-state index in [9.17, 15) is 0 Å². The normalized spacial score (nSPS) is 16.6. The summed E-state index contributed by atoms with van der Waals surface area (Å²) >= 11 is 0. The van der Waals surface area contributed by atoms with Gasteiger partial charge in [-0.1, -0.05) is 31.2 Å². The number of aliphatic imine (C=N–C) groups is 1. The molecular formula is C19H29IN6. The van der Waals surface area contributed by atoms with Gasteiger partial charge >= 0.3 is 0 Å². The van der Waals surface area contributed by atoms with Crippen LogP contribution in [-0.4, -0.2) is 33.3 Å². The molecule has 0 bridgehead atoms. The summed E-state index contributed by atoms with van der Waals surface area (Å²) in [4.78, 5) is 9.27. The average molecular weight is 468 g/mol. The lowest BCUT2D eigenvalue weighted by atomic mass is 10.1. The lowest BCUT2D eigenvalue weighted by Crippen LogP contribution is -2.47. The van der Waals surface area contributed by atoms with Crippen LogP contribution in [-0.2, 0) is 25.9 Å². The van der Waals surface area contributed by atoms with Crippen LogP contribution in [0.25, 0.3) is 0 Å². The van der Waals surface area contributed by atoms with Crippen molar-refractivity contribution in [1.82, 2.24) is 25.4 Å². The second-order valence-electron chi connectivity index (χ2n) is 6.45. The van der Waals surface area contributed by atoms with Crippen molar-refractivity contribution in [3.8, 4) is 0 Å². The molecule has 142 valence electrons. The molecule has 2 heterocycles. The maximum Gasteiger partial charge on any atom is 0.191 e. The van der Waals surface area contributed by atoms with Crippen LogP contribution in [0.2, 0.25) is 0 Å². The van der Waals surface area contributed by atoms with Crippen molar-refractivity contribution in [1.29, 1.82) is 0 Å². The molecule has 0 aliphatic carbocycles. The highest BCUT2D eigenvalue weighted by Gasteiger charge is 2.21. The van der Waals surface area contributed by atoms with Gasteiger partial charge in [0.25, 0.3) is 0 Å². The minimum absolute atomic E-state index is 0. The molecule has 1 aliphatic heterocycles. The van der Waals surface area contributed by atoms with Crippen molar-refractivity contribution in [2.24, 2.45) is 4.99 Å². The lowest BCUT2D eigenvalue weighted by molar-refractivity contribution is 0.392. The maximum absolute atomic E-state index is 4.80. The third kappa shape index (κ3) is 5.18. The van der Waals surface area contributed by atoms with Gasteiger partial charge in [-0.05, 0) is 37.8 Å². The number of hydrogen-bond donors (Lipinski definition) is 2. The van der Waals surface area contributed by atoms with Gasteiger partial charge in [0, 0.05) is 19.0 Å². The number of aryl methyl sites for hydroxylation is 3. The predicted octanol–water partition coefficient (Wildman–Crippen LogP) is 2.84. The van der Waals surface area contributed by atoms with E-state index in [1.165, 1.54) is 11.1 Å². The number of halogens is 1. The number of guanidine groups is 1. The summed E-state index contributed by atoms with van der Waals surface area (Å²) in [6.07, 6.45) is 3.04. The van der Waals surface area contributed by atoms with Gasteiger partial charge in [-0.2, -0.15) is 5.10 Å². The van der Waals surface area contributed by atoms with E-state index in [2.05, 4.69) is 58.8 Å². The first-order chi connectivity index (χ1) is 12.2. The van der Waals surface area contributed by atoms with E-state index in [0.29, 0.717) is 12.6 Å². The van der Waals surface area contributed by atoms with Gasteiger partial charge < -0.3 is 10.6 Å². The predicted molar refractivity (Wildman–Crippen MR) is 116 cm³/mol. The molecule has 0 spiro atoms. The van der Waals surface area contributed by atoms with Crippen LogP contribution in [0.1, 0.15) is 43.0 Å². The summed E-state index contributed by atoms with van der Waals surface area (Å²) in [6.45, 7) is 8.61. The Labute approximate surface area is 172 Å². The van der Waals surface area contributed by atoms with E-state index < -0.39 is 0 Å². The zero-order chi connectivity index (χ0) is 17.6. The highest BCUT2D eigenvalue weighted by molar-refractivity contribution is 14.0. The fourth-order valence-corrected chi connectivity index (χ4v) is 3.29. The smallest absolute Gasteiger partial charge is 0.191 e. The number of fused-ring (bicyclic) bond motifs is 1. The molecule has 0 saturated carbocycles. The number of nitrogens with zero attached hydrogens (tertiary/aromatic N) is 4. The zero-order valence-corrected chi connectivity index (χ0v) is 18.2. The third-order valence-electron chi connectivity index (χ3n) is 4.56. The Morgan fingerprint density at radius 3 is 2.77 bits per heavy atom. The fourth-order valence-electron chi connectivity index (χ4n) is 3.29. The van der Waals surface area contributed by atoms with E-state index in [1.807, 2.05) is 11.6 Å². The fraction of sp³-hybridized carbons (Fsp3) is 0.526. The lowest BCUT2D eigenvalue weighted by Gasteiger charge is -2.25. The summed E-state index contributed by atoms with van der Waals surface area (Å²) < 4.78 is 2.02. The average Bonchev–Trinajstić information content (AvgIpc) is 2.99. The van der Waals surface area contributed by atoms with E-state index in [1.54, 1.807) is 0 Å². The summed E-state index contributed by atoms with van der Waals surface area (Å²) in [5.74, 6) is 2.82. The van der Waals surface area contributed by atoms with E-state index >= 15 is 0 Å². The van der Waals surface area contributed by atoms with E-state index in [0.717, 1.165) is 50.0 Å². The first-order valence-corrected chi connectivity index (χ1v) is 9.21. The Kier molecular flexibility index (Phi) is 7.86. The maximum atomic E-state index is 4.80. The van der Waals surface area contributed by atoms with Crippen molar-refractivity contribution < 1.29 is 0 Å². The van der Waals surface area contributed by atoms with Gasteiger partial charge in [-0.3, -0.25) is 0 Å². The third-order valence-corrected chi connectivity index (χ3v) is 4.56. The number of aromatic nitrogens is 3. The minimum Gasteiger partial charge on any atom is -0.357 e. The highest BCUT2D eigenvalue weighted by Crippen LogP contribution is 2.13. The van der Waals surface area contributed by atoms with Crippen LogP contribution in [0, 0.1) is 6.92 Å². The van der Waals surface area contributed by atoms with Crippen LogP contribution in [0.3, 0.4) is 0 Å². The molecule has 1 aromatic carbocycles. The molecule has 0 saturated heterocycles. The van der Waals surface area contributed by atoms with Gasteiger partial charge in [-0.15, -0.1) is 24.0 Å². The monoisotopic (exact) mass is 468 g/mol. The molecule has 0 amide bonds. The van der Waals surface area contributed by atoms with Crippen molar-refractivity contribution in [2.75, 3.05) is 6.54 Å². The second-order valence-corrected chi connectivity index (χ2v) is 6.45. The molecular weight excluding hydrogens is 439 g/mol. The summed E-state index contributed by atoms with van der Waals surface area (Å²) in [5, 5.41) is 11.4. The molecule has 3 rings (SSSR count). The van der Waals surface area contributed by atoms with Gasteiger partial charge in [0.05, 0.1) is 13.1 Å². The quantitative estimate of drug-likeness (QED) is 0.403. The Bertz CT molecular complexity index is 739. The molecule has 1 atom stereocenters. The molecule has 2 aromatic rings. The molecule has 1 aliphatic rings. The van der Waals surface area contributed by atoms with Crippen molar-refractivity contribution in [3.63, 3.8) is 0 Å². The SMILES string of the molecule is CCNC(=NCc1ccccc1CC)NC1CCc2nc(C)nn2C1.I. The Hall–Kier alpha value is -1.64. The Morgan fingerprint density at radius 2 is 2.04 bits per heavy atom. The van der Waals surface area contributed by atoms with E-state index in [4.69, 9.17) is 4.99 Å². The van der Waals surface area contributed by atoms with Crippen LogP contribution in [0.4, 0.5) is 0 Å². The standard InChI is InChI=1S/C19H28N6.HI/c1-4-15-8-6-7-9-16(15)12-21-19(20-5-2)23-17-10-11-18-22-14(3)24-25(18)13-17;/h6-9,17H,4-5,10-13H2,1-3H3,(H2,20,21,23);1H. The van der Waals surface area contributed by atoms with Crippen molar-refractivity contribution >= 4 is 29.9 Å². The number of rotatable bonds is 5. The van der Waals surface area contributed by atoms with E-state index in [-0.39, 0.29) is 24.0 Å². The van der Waals surface area contributed by atoms with Crippen LogP contribution in [0.5, 0.6) is 0 Å². The summed E-state index contributed by atoms with van der Waals surface area (Å²) in [6, 6.07) is 8.85. The largest absolute Gasteiger partial charge is 0.357 e. The Morgan fingerprint density at radius 1 is 1.27 bits per heavy atom. The first-order valence-electron chi connectivity index (χ1n) is 9.21. The van der Waals surface area contributed by atoms with Gasteiger partial charge in [0.15, 0.2) is 5.96 Å². The number of hydrogen-bond acceptors (Lipinski definition) is 3. The molecule has 1 aromatic heterocycles. The molecule has 2 N–H and O–H groups in total. The molecule has 0 fully saturated rings. The van der Waals surface area contributed by atoms with Gasteiger partial charge in [0.1, 0.15) is 11.6 Å². The number of benzene rings is 1.